The van der Waals surface area contributed by atoms with Gasteiger partial charge in [0.25, 0.3) is 11.8 Å². The number of fused-ring (bicyclic) bond motifs is 1. The number of nitrogens with zero attached hydrogens (tertiary/aromatic N) is 3. The molecular formula is C16H17N5O7S3. The highest BCUT2D eigenvalue weighted by Gasteiger charge is 2.54. The summed E-state index contributed by atoms with van der Waals surface area (Å²) >= 11 is 3.72. The van der Waals surface area contributed by atoms with E-state index in [4.69, 9.17) is 15.2 Å². The first-order valence-electron chi connectivity index (χ1n) is 8.88. The van der Waals surface area contributed by atoms with Crippen molar-refractivity contribution in [2.45, 2.75) is 16.7 Å². The number of anilines is 1. The van der Waals surface area contributed by atoms with Crippen LogP contribution < -0.4 is 11.1 Å². The minimum atomic E-state index is -1.22. The van der Waals surface area contributed by atoms with Gasteiger partial charge in [0.1, 0.15) is 29.6 Å². The fourth-order valence-electron chi connectivity index (χ4n) is 3.24. The van der Waals surface area contributed by atoms with E-state index in [-0.39, 0.29) is 34.3 Å². The lowest BCUT2D eigenvalue weighted by Crippen LogP contribution is -2.71. The van der Waals surface area contributed by atoms with Crippen LogP contribution in [0.15, 0.2) is 21.1 Å². The van der Waals surface area contributed by atoms with Crippen molar-refractivity contribution in [2.24, 2.45) is 5.16 Å². The van der Waals surface area contributed by atoms with Gasteiger partial charge in [-0.2, -0.15) is 0 Å². The van der Waals surface area contributed by atoms with Crippen molar-refractivity contribution in [3.05, 3.63) is 21.7 Å². The summed E-state index contributed by atoms with van der Waals surface area (Å²) in [6, 6.07) is -0.965. The number of rotatable bonds is 6. The summed E-state index contributed by atoms with van der Waals surface area (Å²) in [7, 11) is 0. The second-order valence-corrected chi connectivity index (χ2v) is 9.95. The number of carboxylic acids is 1. The van der Waals surface area contributed by atoms with E-state index in [0.717, 1.165) is 11.3 Å². The molecule has 0 aromatic carbocycles. The summed E-state index contributed by atoms with van der Waals surface area (Å²) in [6.45, 7) is 1.05. The van der Waals surface area contributed by atoms with Gasteiger partial charge in [-0.05, 0) is 0 Å². The number of hydrogen-bond donors (Lipinski definition) is 4. The topological polar surface area (TPSA) is 177 Å². The maximum absolute atomic E-state index is 12.7. The van der Waals surface area contributed by atoms with Gasteiger partial charge in [0.15, 0.2) is 10.8 Å². The summed E-state index contributed by atoms with van der Waals surface area (Å²) < 4.78 is 10.5. The zero-order valence-corrected chi connectivity index (χ0v) is 18.2. The van der Waals surface area contributed by atoms with Gasteiger partial charge >= 0.3 is 5.97 Å². The van der Waals surface area contributed by atoms with Gasteiger partial charge in [-0.25, -0.2) is 9.78 Å². The number of amides is 2. The van der Waals surface area contributed by atoms with Crippen LogP contribution in [0.3, 0.4) is 0 Å². The number of thiazole rings is 1. The van der Waals surface area contributed by atoms with Gasteiger partial charge in [0.05, 0.1) is 18.5 Å². The average Bonchev–Trinajstić information content (AvgIpc) is 3.18. The summed E-state index contributed by atoms with van der Waals surface area (Å²) in [6.07, 6.45) is 0. The molecule has 12 nitrogen and oxygen atoms in total. The molecule has 2 fully saturated rings. The molecule has 1 aromatic rings. The predicted octanol–water partition coefficient (Wildman–Crippen LogP) is -0.294. The highest BCUT2D eigenvalue weighted by atomic mass is 32.2. The average molecular weight is 488 g/mol. The zero-order chi connectivity index (χ0) is 22.1. The number of carbonyl (C=O) groups excluding carboxylic acids is 2. The third-order valence-electron chi connectivity index (χ3n) is 4.59. The van der Waals surface area contributed by atoms with E-state index < -0.39 is 29.2 Å². The molecule has 0 bridgehead atoms. The molecule has 1 aromatic heterocycles. The van der Waals surface area contributed by atoms with E-state index in [1.54, 1.807) is 0 Å². The Morgan fingerprint density at radius 1 is 1.39 bits per heavy atom. The van der Waals surface area contributed by atoms with Crippen LogP contribution in [0.25, 0.3) is 0 Å². The SMILES string of the molecule is Nc1nc(/C(=N/O)C(=O)NC2C(=O)N3C(C(=O)O)=C(SC4COCOC4)CS[C@H]23)cs1. The van der Waals surface area contributed by atoms with Gasteiger partial charge in [-0.1, -0.05) is 5.16 Å². The number of aliphatic carboxylic acids is 1. The molecule has 3 aliphatic heterocycles. The van der Waals surface area contributed by atoms with Gasteiger partial charge < -0.3 is 30.8 Å². The van der Waals surface area contributed by atoms with E-state index in [2.05, 4.69) is 15.5 Å². The van der Waals surface area contributed by atoms with Crippen LogP contribution in [0.2, 0.25) is 0 Å². The van der Waals surface area contributed by atoms with Crippen LogP contribution in [0.1, 0.15) is 5.69 Å². The first-order valence-corrected chi connectivity index (χ1v) is 11.7. The lowest BCUT2D eigenvalue weighted by atomic mass is 10.0. The van der Waals surface area contributed by atoms with Crippen molar-refractivity contribution in [1.82, 2.24) is 15.2 Å². The molecule has 1 unspecified atom stereocenters. The Labute approximate surface area is 187 Å². The second-order valence-electron chi connectivity index (χ2n) is 6.56. The highest BCUT2D eigenvalue weighted by Crippen LogP contribution is 2.44. The molecule has 0 aliphatic carbocycles. The molecule has 3 aliphatic rings. The van der Waals surface area contributed by atoms with Crippen LogP contribution in [0, 0.1) is 0 Å². The predicted molar refractivity (Wildman–Crippen MR) is 113 cm³/mol. The Kier molecular flexibility index (Phi) is 6.38. The molecule has 0 saturated carbocycles. The molecule has 15 heteroatoms. The monoisotopic (exact) mass is 487 g/mol. The van der Waals surface area contributed by atoms with E-state index in [1.807, 2.05) is 0 Å². The van der Waals surface area contributed by atoms with E-state index in [0.29, 0.717) is 23.9 Å². The van der Waals surface area contributed by atoms with Crippen molar-refractivity contribution < 1.29 is 34.2 Å². The molecule has 0 spiro atoms. The molecule has 5 N–H and O–H groups in total. The smallest absolute Gasteiger partial charge is 0.353 e. The van der Waals surface area contributed by atoms with Gasteiger partial charge in [-0.3, -0.25) is 14.5 Å². The standard InChI is InChI=1S/C16H17N5O7S3/c17-16-18-7(3-30-16)9(20-26)12(22)19-10-13(23)21-11(15(24)25)8(4-29-14(10)21)31-6-1-27-5-28-2-6/h3,6,10,14,26H,1-2,4-5H2,(H2,17,18)(H,19,22)(H,24,25)/b20-9-/t10?,14-/m1/s1. The first kappa shape index (κ1) is 21.9. The largest absolute Gasteiger partial charge is 0.477 e. The Morgan fingerprint density at radius 3 is 2.74 bits per heavy atom. The number of nitrogen functional groups attached to an aromatic ring is 1. The van der Waals surface area contributed by atoms with Crippen LogP contribution in [0.5, 0.6) is 0 Å². The van der Waals surface area contributed by atoms with Crippen molar-refractivity contribution >= 4 is 63.5 Å². The number of nitrogens with one attached hydrogen (secondary N) is 1. The summed E-state index contributed by atoms with van der Waals surface area (Å²) in [5.74, 6) is -2.25. The number of carbonyl (C=O) groups is 3. The van der Waals surface area contributed by atoms with Crippen molar-refractivity contribution in [3.8, 4) is 0 Å². The first-order chi connectivity index (χ1) is 14.9. The maximum atomic E-state index is 12.7. The fourth-order valence-corrected chi connectivity index (χ4v) is 6.48. The molecule has 31 heavy (non-hydrogen) atoms. The lowest BCUT2D eigenvalue weighted by molar-refractivity contribution is -0.150. The van der Waals surface area contributed by atoms with Crippen molar-refractivity contribution in [3.63, 3.8) is 0 Å². The minimum Gasteiger partial charge on any atom is -0.477 e. The number of thioether (sulfide) groups is 2. The Bertz CT molecular complexity index is 975. The molecule has 2 amide bonds. The third-order valence-corrected chi connectivity index (χ3v) is 7.95. The Balaban J connectivity index is 1.48. The molecule has 2 saturated heterocycles. The van der Waals surface area contributed by atoms with Crippen LogP contribution in [0.4, 0.5) is 5.13 Å². The van der Waals surface area contributed by atoms with Gasteiger partial charge in [0, 0.05) is 16.0 Å². The third kappa shape index (κ3) is 4.23. The lowest BCUT2D eigenvalue weighted by Gasteiger charge is -2.49. The Morgan fingerprint density at radius 2 is 2.13 bits per heavy atom. The van der Waals surface area contributed by atoms with Crippen LogP contribution >= 0.6 is 34.9 Å². The van der Waals surface area contributed by atoms with E-state index in [1.165, 1.54) is 33.8 Å². The number of aromatic nitrogens is 1. The summed E-state index contributed by atoms with van der Waals surface area (Å²) in [5, 5.41) is 25.4. The van der Waals surface area contributed by atoms with Crippen molar-refractivity contribution in [2.75, 3.05) is 31.5 Å². The summed E-state index contributed by atoms with van der Waals surface area (Å²) in [4.78, 5) is 42.8. The number of carboxylic acid groups (broad SMARTS) is 1. The number of β-lactam (4-membered cyclic amide) rings is 1. The number of nitrogens with two attached hydrogens (primary N) is 1. The molecule has 4 heterocycles. The van der Waals surface area contributed by atoms with Gasteiger partial charge in [-0.15, -0.1) is 34.9 Å². The second kappa shape index (κ2) is 9.04. The molecule has 2 atom stereocenters. The number of hydrogen-bond acceptors (Lipinski definition) is 12. The summed E-state index contributed by atoms with van der Waals surface area (Å²) in [5.41, 5.74) is 5.13. The van der Waals surface area contributed by atoms with Crippen LogP contribution in [-0.2, 0) is 23.9 Å². The van der Waals surface area contributed by atoms with E-state index >= 15 is 0 Å². The normalized spacial score (nSPS) is 24.6. The number of oxime groups is 1. The number of ether oxygens (including phenoxy) is 2. The minimum absolute atomic E-state index is 0.0731. The van der Waals surface area contributed by atoms with E-state index in [9.17, 15) is 24.7 Å². The fraction of sp³-hybridized carbons (Fsp3) is 0.438. The van der Waals surface area contributed by atoms with Crippen molar-refractivity contribution in [1.29, 1.82) is 0 Å². The molecule has 4 rings (SSSR count). The maximum Gasteiger partial charge on any atom is 0.353 e. The molecule has 0 radical (unpaired) electrons. The quantitative estimate of drug-likeness (QED) is 0.179. The highest BCUT2D eigenvalue weighted by molar-refractivity contribution is 8.06. The zero-order valence-electron chi connectivity index (χ0n) is 15.7. The van der Waals surface area contributed by atoms with Gasteiger partial charge in [0.2, 0.25) is 0 Å². The molecular weight excluding hydrogens is 470 g/mol. The molecule has 166 valence electrons. The van der Waals surface area contributed by atoms with Crippen LogP contribution in [-0.4, -0.2) is 86.1 Å². The Hall–Kier alpha value is -2.33.